The first-order chi connectivity index (χ1) is 11.5. The average Bonchev–Trinajstić information content (AvgIpc) is 2.56. The number of rotatable bonds is 3. The summed E-state index contributed by atoms with van der Waals surface area (Å²) in [5.74, 6) is -2.89. The molecule has 8 heteroatoms. The molecule has 3 rings (SSSR count). The van der Waals surface area contributed by atoms with Gasteiger partial charge in [-0.25, -0.2) is 13.6 Å². The van der Waals surface area contributed by atoms with Crippen LogP contribution < -0.4 is 15.1 Å². The first-order valence-corrected chi connectivity index (χ1v) is 7.83. The van der Waals surface area contributed by atoms with E-state index in [1.165, 1.54) is 11.1 Å². The minimum Gasteiger partial charge on any atom is -0.478 e. The van der Waals surface area contributed by atoms with Gasteiger partial charge in [0.1, 0.15) is 17.6 Å². The molecule has 1 atom stereocenters. The number of benzene rings is 1. The van der Waals surface area contributed by atoms with Crippen molar-refractivity contribution >= 4 is 17.3 Å². The average molecular weight is 339 g/mol. The fourth-order valence-electron chi connectivity index (χ4n) is 3.19. The van der Waals surface area contributed by atoms with Crippen molar-refractivity contribution in [2.75, 3.05) is 42.5 Å². The van der Waals surface area contributed by atoms with E-state index in [0.717, 1.165) is 6.07 Å². The molecule has 24 heavy (non-hydrogen) atoms. The Bertz CT molecular complexity index is 702. The van der Waals surface area contributed by atoms with Gasteiger partial charge in [-0.05, 0) is 13.0 Å². The maximum absolute atomic E-state index is 15.1. The third-order valence-electron chi connectivity index (χ3n) is 4.39. The van der Waals surface area contributed by atoms with E-state index in [1.807, 2.05) is 0 Å². The van der Waals surface area contributed by atoms with E-state index < -0.39 is 23.7 Å². The van der Waals surface area contributed by atoms with E-state index in [4.69, 9.17) is 0 Å². The fourth-order valence-corrected chi connectivity index (χ4v) is 3.19. The molecule has 0 bridgehead atoms. The predicted molar refractivity (Wildman–Crippen MR) is 85.1 cm³/mol. The molecule has 0 amide bonds. The zero-order valence-corrected chi connectivity index (χ0v) is 13.2. The zero-order valence-electron chi connectivity index (χ0n) is 13.2. The number of piperazine rings is 1. The third kappa shape index (κ3) is 2.61. The molecule has 0 spiro atoms. The van der Waals surface area contributed by atoms with E-state index in [1.54, 1.807) is 11.8 Å². The number of carbonyl (C=O) groups is 1. The largest absolute Gasteiger partial charge is 0.478 e. The number of carboxylic acid groups (broad SMARTS) is 1. The van der Waals surface area contributed by atoms with Gasteiger partial charge in [-0.1, -0.05) is 0 Å². The highest BCUT2D eigenvalue weighted by atomic mass is 19.1. The van der Waals surface area contributed by atoms with Crippen LogP contribution in [0, 0.1) is 11.6 Å². The first kappa shape index (κ1) is 16.7. The number of aliphatic hydroxyl groups excluding tert-OH is 1. The molecule has 2 heterocycles. The number of nitrogens with one attached hydrogen (secondary N) is 1. The molecule has 1 aromatic rings. The van der Waals surface area contributed by atoms with Crippen molar-refractivity contribution in [1.29, 1.82) is 0 Å². The third-order valence-corrected chi connectivity index (χ3v) is 4.39. The van der Waals surface area contributed by atoms with Crippen LogP contribution in [0.2, 0.25) is 0 Å². The summed E-state index contributed by atoms with van der Waals surface area (Å²) in [6, 6.07) is 1.04. The van der Waals surface area contributed by atoms with Crippen molar-refractivity contribution in [3.05, 3.63) is 35.0 Å². The normalized spacial score (nSPS) is 20.7. The quantitative estimate of drug-likeness (QED) is 0.769. The van der Waals surface area contributed by atoms with Crippen LogP contribution in [0.4, 0.5) is 20.2 Å². The Hall–Kier alpha value is -2.19. The van der Waals surface area contributed by atoms with Gasteiger partial charge >= 0.3 is 5.97 Å². The number of hydrogen-bond donors (Lipinski definition) is 3. The molecule has 130 valence electrons. The maximum Gasteiger partial charge on any atom is 0.336 e. The summed E-state index contributed by atoms with van der Waals surface area (Å²) in [4.78, 5) is 14.3. The minimum absolute atomic E-state index is 0.0323. The second kappa shape index (κ2) is 6.37. The SMILES string of the molecule is CCN1C=C(C(=O)O)C(O)c2cc(F)c(N3CCNCC3)c(F)c21. The summed E-state index contributed by atoms with van der Waals surface area (Å²) < 4.78 is 29.7. The minimum atomic E-state index is -1.57. The van der Waals surface area contributed by atoms with Crippen molar-refractivity contribution in [3.63, 3.8) is 0 Å². The van der Waals surface area contributed by atoms with Gasteiger partial charge in [0.05, 0.1) is 11.3 Å². The van der Waals surface area contributed by atoms with Crippen molar-refractivity contribution in [1.82, 2.24) is 5.32 Å². The molecule has 1 saturated heterocycles. The topological polar surface area (TPSA) is 76.0 Å². The monoisotopic (exact) mass is 339 g/mol. The van der Waals surface area contributed by atoms with Crippen LogP contribution in [0.15, 0.2) is 17.8 Å². The Labute approximate surface area is 138 Å². The molecular weight excluding hydrogens is 320 g/mol. The molecular formula is C16H19F2N3O3. The van der Waals surface area contributed by atoms with Crippen LogP contribution in [0.25, 0.3) is 0 Å². The lowest BCUT2D eigenvalue weighted by molar-refractivity contribution is -0.133. The van der Waals surface area contributed by atoms with E-state index in [9.17, 15) is 19.4 Å². The lowest BCUT2D eigenvalue weighted by atomic mass is 9.94. The summed E-state index contributed by atoms with van der Waals surface area (Å²) in [5.41, 5.74) is -0.471. The number of aliphatic carboxylic acids is 1. The highest BCUT2D eigenvalue weighted by molar-refractivity contribution is 5.91. The fraction of sp³-hybridized carbons (Fsp3) is 0.438. The molecule has 0 aromatic heterocycles. The molecule has 1 aromatic carbocycles. The highest BCUT2D eigenvalue weighted by Gasteiger charge is 2.35. The molecule has 0 radical (unpaired) electrons. The van der Waals surface area contributed by atoms with E-state index >= 15 is 4.39 Å². The molecule has 2 aliphatic rings. The summed E-state index contributed by atoms with van der Waals surface area (Å²) in [6.45, 7) is 4.21. The van der Waals surface area contributed by atoms with Crippen LogP contribution in [-0.4, -0.2) is 48.9 Å². The molecule has 2 aliphatic heterocycles. The standard InChI is InChI=1S/C16H19F2N3O3/c1-2-20-8-10(16(23)24)15(22)9-7-11(17)14(12(18)13(9)20)21-5-3-19-4-6-21/h7-8,15,19,22H,2-6H2,1H3,(H,23,24). The Morgan fingerprint density at radius 2 is 2.00 bits per heavy atom. The molecule has 6 nitrogen and oxygen atoms in total. The second-order valence-corrected chi connectivity index (χ2v) is 5.77. The van der Waals surface area contributed by atoms with Gasteiger partial charge in [0, 0.05) is 44.5 Å². The number of aliphatic hydroxyl groups is 1. The number of hydrogen-bond acceptors (Lipinski definition) is 5. The molecule has 0 saturated carbocycles. The van der Waals surface area contributed by atoms with E-state index in [0.29, 0.717) is 32.7 Å². The summed E-state index contributed by atoms with van der Waals surface area (Å²) in [7, 11) is 0. The van der Waals surface area contributed by atoms with Gasteiger partial charge in [0.2, 0.25) is 0 Å². The Morgan fingerprint density at radius 3 is 2.58 bits per heavy atom. The van der Waals surface area contributed by atoms with Crippen LogP contribution in [-0.2, 0) is 4.79 Å². The highest BCUT2D eigenvalue weighted by Crippen LogP contribution is 2.42. The second-order valence-electron chi connectivity index (χ2n) is 5.77. The van der Waals surface area contributed by atoms with Gasteiger partial charge in [0.25, 0.3) is 0 Å². The molecule has 0 aliphatic carbocycles. The number of halogens is 2. The smallest absolute Gasteiger partial charge is 0.336 e. The van der Waals surface area contributed by atoms with Gasteiger partial charge in [-0.2, -0.15) is 0 Å². The van der Waals surface area contributed by atoms with Crippen molar-refractivity contribution < 1.29 is 23.8 Å². The number of nitrogens with zero attached hydrogens (tertiary/aromatic N) is 2. The van der Waals surface area contributed by atoms with Gasteiger partial charge in [-0.15, -0.1) is 0 Å². The predicted octanol–water partition coefficient (Wildman–Crippen LogP) is 1.22. The maximum atomic E-state index is 15.1. The summed E-state index contributed by atoms with van der Waals surface area (Å²) in [6.07, 6.45) is -0.362. The van der Waals surface area contributed by atoms with E-state index in [2.05, 4.69) is 5.32 Å². The van der Waals surface area contributed by atoms with Gasteiger partial charge in [0.15, 0.2) is 5.82 Å². The zero-order chi connectivity index (χ0) is 17.4. The van der Waals surface area contributed by atoms with Crippen LogP contribution >= 0.6 is 0 Å². The van der Waals surface area contributed by atoms with Crippen LogP contribution in [0.1, 0.15) is 18.6 Å². The molecule has 3 N–H and O–H groups in total. The molecule has 1 fully saturated rings. The molecule has 1 unspecified atom stereocenters. The van der Waals surface area contributed by atoms with Gasteiger partial charge in [-0.3, -0.25) is 0 Å². The number of carboxylic acids is 1. The number of anilines is 2. The lowest BCUT2D eigenvalue weighted by Gasteiger charge is -2.35. The van der Waals surface area contributed by atoms with Crippen LogP contribution in [0.3, 0.4) is 0 Å². The van der Waals surface area contributed by atoms with Crippen molar-refractivity contribution in [2.24, 2.45) is 0 Å². The van der Waals surface area contributed by atoms with Crippen LogP contribution in [0.5, 0.6) is 0 Å². The first-order valence-electron chi connectivity index (χ1n) is 7.83. The Kier molecular flexibility index (Phi) is 4.42. The van der Waals surface area contributed by atoms with Crippen molar-refractivity contribution in [3.8, 4) is 0 Å². The van der Waals surface area contributed by atoms with Gasteiger partial charge < -0.3 is 25.3 Å². The summed E-state index contributed by atoms with van der Waals surface area (Å²) in [5, 5.41) is 22.5. The van der Waals surface area contributed by atoms with E-state index in [-0.39, 0.29) is 22.5 Å². The Balaban J connectivity index is 2.14. The number of fused-ring (bicyclic) bond motifs is 1. The lowest BCUT2D eigenvalue weighted by Crippen LogP contribution is -2.44. The van der Waals surface area contributed by atoms with Crippen molar-refractivity contribution in [2.45, 2.75) is 13.0 Å². The summed E-state index contributed by atoms with van der Waals surface area (Å²) >= 11 is 0. The Morgan fingerprint density at radius 1 is 1.33 bits per heavy atom.